The normalized spacial score (nSPS) is 29.8. The number of rotatable bonds is 8. The van der Waals surface area contributed by atoms with Crippen LogP contribution in [0.25, 0.3) is 0 Å². The average molecular weight is 406 g/mol. The molecule has 0 aliphatic carbocycles. The van der Waals surface area contributed by atoms with Crippen molar-refractivity contribution in [1.82, 2.24) is 0 Å². The number of methoxy groups -OCH3 is 2. The molecule has 0 bridgehead atoms. The monoisotopic (exact) mass is 406 g/mol. The van der Waals surface area contributed by atoms with E-state index in [4.69, 9.17) is 24.1 Å². The third kappa shape index (κ3) is 4.47. The van der Waals surface area contributed by atoms with Crippen LogP contribution in [-0.2, 0) is 4.74 Å². The number of benzene rings is 1. The van der Waals surface area contributed by atoms with E-state index in [2.05, 4.69) is 0 Å². The summed E-state index contributed by atoms with van der Waals surface area (Å²) in [6, 6.07) is 2.65. The predicted molar refractivity (Wildman–Crippen MR) is 92.0 cm³/mol. The van der Waals surface area contributed by atoms with Gasteiger partial charge in [0.1, 0.15) is 36.6 Å². The smallest absolute Gasteiger partial charge is 0.229 e. The summed E-state index contributed by atoms with van der Waals surface area (Å²) >= 11 is 0. The molecule has 11 nitrogen and oxygen atoms in total. The van der Waals surface area contributed by atoms with Crippen LogP contribution < -0.4 is 14.2 Å². The van der Waals surface area contributed by atoms with Crippen LogP contribution in [0.4, 0.5) is 0 Å². The Labute approximate surface area is 160 Å². The van der Waals surface area contributed by atoms with E-state index in [1.165, 1.54) is 26.4 Å². The van der Waals surface area contributed by atoms with Gasteiger partial charge in [-0.25, -0.2) is 0 Å². The number of hydrogen-bond acceptors (Lipinski definition) is 11. The van der Waals surface area contributed by atoms with Gasteiger partial charge in [-0.15, -0.1) is 0 Å². The summed E-state index contributed by atoms with van der Waals surface area (Å²) < 4.78 is 21.3. The molecule has 2 rings (SSSR count). The first-order valence-electron chi connectivity index (χ1n) is 8.49. The lowest BCUT2D eigenvalue weighted by Crippen LogP contribution is -2.60. The third-order valence-corrected chi connectivity index (χ3v) is 4.46. The van der Waals surface area contributed by atoms with Crippen LogP contribution in [-0.4, -0.2) is 100.0 Å². The van der Waals surface area contributed by atoms with E-state index >= 15 is 0 Å². The summed E-state index contributed by atoms with van der Waals surface area (Å²) in [6.07, 6.45) is -10.3. The predicted octanol–water partition coefficient (Wildman–Crippen LogP) is -2.73. The Bertz CT molecular complexity index is 613. The van der Waals surface area contributed by atoms with Crippen molar-refractivity contribution in [1.29, 1.82) is 0 Å². The lowest BCUT2D eigenvalue weighted by atomic mass is 9.99. The van der Waals surface area contributed by atoms with Crippen molar-refractivity contribution < 1.29 is 54.7 Å². The maximum absolute atomic E-state index is 10.1. The Balaban J connectivity index is 2.36. The second-order valence-electron chi connectivity index (χ2n) is 6.26. The lowest BCUT2D eigenvalue weighted by molar-refractivity contribution is -0.277. The quantitative estimate of drug-likeness (QED) is 0.238. The van der Waals surface area contributed by atoms with E-state index in [9.17, 15) is 30.6 Å². The highest BCUT2D eigenvalue weighted by molar-refractivity contribution is 5.54. The van der Waals surface area contributed by atoms with Crippen LogP contribution in [0.1, 0.15) is 11.7 Å². The van der Waals surface area contributed by atoms with Crippen molar-refractivity contribution >= 4 is 0 Å². The fourth-order valence-electron chi connectivity index (χ4n) is 2.79. The molecule has 0 spiro atoms. The van der Waals surface area contributed by atoms with E-state index in [-0.39, 0.29) is 22.8 Å². The van der Waals surface area contributed by atoms with Crippen LogP contribution in [0.15, 0.2) is 12.1 Å². The summed E-state index contributed by atoms with van der Waals surface area (Å²) in [7, 11) is 2.60. The van der Waals surface area contributed by atoms with Crippen molar-refractivity contribution in [2.24, 2.45) is 0 Å². The first-order chi connectivity index (χ1) is 13.3. The summed E-state index contributed by atoms with van der Waals surface area (Å²) in [5.41, 5.74) is 0.163. The Morgan fingerprint density at radius 2 is 1.54 bits per heavy atom. The van der Waals surface area contributed by atoms with E-state index in [0.717, 1.165) is 0 Å². The molecule has 1 aromatic rings. The summed E-state index contributed by atoms with van der Waals surface area (Å²) in [4.78, 5) is 0. The van der Waals surface area contributed by atoms with Gasteiger partial charge in [0.25, 0.3) is 0 Å². The van der Waals surface area contributed by atoms with Gasteiger partial charge in [0.05, 0.1) is 27.4 Å². The third-order valence-electron chi connectivity index (χ3n) is 4.46. The van der Waals surface area contributed by atoms with Crippen LogP contribution in [0.2, 0.25) is 0 Å². The van der Waals surface area contributed by atoms with Crippen molar-refractivity contribution in [2.75, 3.05) is 27.4 Å². The molecular formula is C17H26O11. The molecule has 0 amide bonds. The van der Waals surface area contributed by atoms with Crippen molar-refractivity contribution in [3.8, 4) is 17.2 Å². The van der Waals surface area contributed by atoms with Gasteiger partial charge >= 0.3 is 0 Å². The minimum atomic E-state index is -1.64. The maximum atomic E-state index is 10.1. The number of aliphatic hydroxyl groups excluding tert-OH is 7. The van der Waals surface area contributed by atoms with Gasteiger partial charge in [-0.2, -0.15) is 0 Å². The summed E-state index contributed by atoms with van der Waals surface area (Å²) in [6.45, 7) is -1.29. The molecule has 7 N–H and O–H groups in total. The standard InChI is InChI=1S/C17H26O11/c1-25-9-3-7(12(21)8(20)5-18)4-10(26-2)16(9)28-17-15(24)14(23)13(22)11(6-19)27-17/h3-4,8,11-15,17-24H,5-6H2,1-2H3/t8?,11-,12?,13-,14+,15-,17+/m1/s1. The molecule has 1 heterocycles. The van der Waals surface area contributed by atoms with E-state index < -0.39 is 56.1 Å². The highest BCUT2D eigenvalue weighted by Crippen LogP contribution is 2.42. The van der Waals surface area contributed by atoms with Crippen molar-refractivity contribution in [3.63, 3.8) is 0 Å². The molecule has 0 saturated carbocycles. The fraction of sp³-hybridized carbons (Fsp3) is 0.647. The van der Waals surface area contributed by atoms with Gasteiger partial charge in [-0.1, -0.05) is 0 Å². The molecule has 160 valence electrons. The second kappa shape index (κ2) is 9.67. The van der Waals surface area contributed by atoms with Crippen LogP contribution in [0, 0.1) is 0 Å². The summed E-state index contributed by atoms with van der Waals surface area (Å²) in [5, 5.41) is 67.9. The minimum Gasteiger partial charge on any atom is -0.493 e. The highest BCUT2D eigenvalue weighted by Gasteiger charge is 2.45. The molecule has 11 heteroatoms. The number of aliphatic hydroxyl groups is 7. The molecule has 1 aromatic carbocycles. The highest BCUT2D eigenvalue weighted by atomic mass is 16.7. The molecule has 1 fully saturated rings. The largest absolute Gasteiger partial charge is 0.493 e. The fourth-order valence-corrected chi connectivity index (χ4v) is 2.79. The molecule has 7 atom stereocenters. The van der Waals surface area contributed by atoms with Crippen molar-refractivity contribution in [3.05, 3.63) is 17.7 Å². The summed E-state index contributed by atoms with van der Waals surface area (Å²) in [5.74, 6) is 0.0229. The van der Waals surface area contributed by atoms with Gasteiger partial charge in [0.15, 0.2) is 11.5 Å². The topological polar surface area (TPSA) is 179 Å². The first kappa shape index (κ1) is 22.6. The Hall–Kier alpha value is -1.70. The van der Waals surface area contributed by atoms with Gasteiger partial charge < -0.3 is 54.7 Å². The van der Waals surface area contributed by atoms with Gasteiger partial charge in [-0.05, 0) is 17.7 Å². The van der Waals surface area contributed by atoms with Gasteiger partial charge in [0.2, 0.25) is 12.0 Å². The molecule has 0 radical (unpaired) electrons. The van der Waals surface area contributed by atoms with E-state index in [0.29, 0.717) is 0 Å². The van der Waals surface area contributed by atoms with Gasteiger partial charge in [-0.3, -0.25) is 0 Å². The Kier molecular flexibility index (Phi) is 7.80. The first-order valence-corrected chi connectivity index (χ1v) is 8.49. The molecule has 28 heavy (non-hydrogen) atoms. The molecule has 1 saturated heterocycles. The minimum absolute atomic E-state index is 0.0375. The molecule has 1 aliphatic rings. The van der Waals surface area contributed by atoms with E-state index in [1.54, 1.807) is 0 Å². The SMILES string of the molecule is COc1cc(C(O)C(O)CO)cc(OC)c1O[C@@H]1O[C@H](CO)[C@@H](O)[C@H](O)[C@H]1O. The van der Waals surface area contributed by atoms with Gasteiger partial charge in [0, 0.05) is 0 Å². The zero-order valence-electron chi connectivity index (χ0n) is 15.4. The second-order valence-corrected chi connectivity index (χ2v) is 6.26. The maximum Gasteiger partial charge on any atom is 0.229 e. The lowest BCUT2D eigenvalue weighted by Gasteiger charge is -2.39. The Morgan fingerprint density at radius 3 is 2.00 bits per heavy atom. The van der Waals surface area contributed by atoms with Crippen LogP contribution in [0.5, 0.6) is 17.2 Å². The zero-order chi connectivity index (χ0) is 21.0. The average Bonchev–Trinajstić information content (AvgIpc) is 2.72. The molecule has 0 aromatic heterocycles. The van der Waals surface area contributed by atoms with Crippen LogP contribution in [0.3, 0.4) is 0 Å². The molecular weight excluding hydrogens is 380 g/mol. The molecule has 1 aliphatic heterocycles. The Morgan fingerprint density at radius 1 is 0.964 bits per heavy atom. The zero-order valence-corrected chi connectivity index (χ0v) is 15.4. The van der Waals surface area contributed by atoms with Crippen molar-refractivity contribution in [2.45, 2.75) is 42.9 Å². The van der Waals surface area contributed by atoms with Crippen LogP contribution >= 0.6 is 0 Å². The number of hydrogen-bond donors (Lipinski definition) is 7. The number of ether oxygens (including phenoxy) is 4. The molecule has 2 unspecified atom stereocenters. The van der Waals surface area contributed by atoms with E-state index in [1.807, 2.05) is 0 Å².